The number of H-pyrrole nitrogens is 1. The number of anilines is 2. The Labute approximate surface area is 122 Å². The monoisotopic (exact) mass is 310 g/mol. The zero-order valence-corrected chi connectivity index (χ0v) is 11.3. The molecule has 2 aromatic heterocycles. The van der Waals surface area contributed by atoms with Crippen molar-refractivity contribution in [1.29, 1.82) is 0 Å². The second kappa shape index (κ2) is 4.97. The first-order valence-corrected chi connectivity index (χ1v) is 6.31. The molecule has 2 N–H and O–H groups in total. The van der Waals surface area contributed by atoms with Gasteiger partial charge in [0.25, 0.3) is 0 Å². The van der Waals surface area contributed by atoms with Crippen molar-refractivity contribution in [2.45, 2.75) is 13.1 Å². The van der Waals surface area contributed by atoms with Crippen LogP contribution in [-0.4, -0.2) is 15.0 Å². The minimum absolute atomic E-state index is 0.0366. The van der Waals surface area contributed by atoms with Crippen molar-refractivity contribution in [3.05, 3.63) is 47.7 Å². The van der Waals surface area contributed by atoms with E-state index >= 15 is 0 Å². The number of rotatable bonds is 2. The zero-order valence-electron chi connectivity index (χ0n) is 11.3. The van der Waals surface area contributed by atoms with Crippen LogP contribution in [0.25, 0.3) is 11.0 Å². The summed E-state index contributed by atoms with van der Waals surface area (Å²) in [6, 6.07) is 7.26. The number of fused-ring (bicyclic) bond motifs is 1. The van der Waals surface area contributed by atoms with Crippen molar-refractivity contribution in [3.63, 3.8) is 0 Å². The molecule has 0 spiro atoms. The lowest BCUT2D eigenvalue weighted by atomic mass is 10.3. The molecule has 0 fully saturated rings. The van der Waals surface area contributed by atoms with Gasteiger partial charge in [0.05, 0.1) is 11.1 Å². The fourth-order valence-electron chi connectivity index (χ4n) is 2.05. The third kappa shape index (κ3) is 2.59. The maximum Gasteiger partial charge on any atom is 0.451 e. The van der Waals surface area contributed by atoms with E-state index in [1.807, 2.05) is 0 Å². The van der Waals surface area contributed by atoms with Gasteiger partial charge in [-0.1, -0.05) is 12.1 Å². The summed E-state index contributed by atoms with van der Waals surface area (Å²) in [6.45, 7) is 1.68. The van der Waals surface area contributed by atoms with Gasteiger partial charge in [0.2, 0.25) is 5.82 Å². The van der Waals surface area contributed by atoms with Crippen LogP contribution >= 0.6 is 0 Å². The first-order chi connectivity index (χ1) is 10.3. The minimum Gasteiger partial charge on any atom is -0.343 e. The molecule has 22 heavy (non-hydrogen) atoms. The fraction of sp³-hybridized carbons (Fsp3) is 0.143. The lowest BCUT2D eigenvalue weighted by Gasteiger charge is -2.11. The van der Waals surface area contributed by atoms with Gasteiger partial charge in [0.1, 0.15) is 17.3 Å². The van der Waals surface area contributed by atoms with E-state index in [4.69, 9.17) is 0 Å². The molecule has 0 aliphatic heterocycles. The molecular weight excluding hydrogens is 300 g/mol. The summed E-state index contributed by atoms with van der Waals surface area (Å²) in [5, 5.41) is 2.95. The van der Waals surface area contributed by atoms with Crippen molar-refractivity contribution in [2.75, 3.05) is 5.32 Å². The van der Waals surface area contributed by atoms with Gasteiger partial charge in [-0.15, -0.1) is 0 Å². The van der Waals surface area contributed by atoms with Crippen LogP contribution in [0.2, 0.25) is 0 Å². The van der Waals surface area contributed by atoms with E-state index in [1.54, 1.807) is 19.1 Å². The number of alkyl halides is 3. The third-order valence-corrected chi connectivity index (χ3v) is 3.00. The summed E-state index contributed by atoms with van der Waals surface area (Å²) < 4.78 is 52.3. The lowest BCUT2D eigenvalue weighted by molar-refractivity contribution is -0.144. The van der Waals surface area contributed by atoms with Crippen LogP contribution in [0, 0.1) is 12.7 Å². The number of hydrogen-bond acceptors (Lipinski definition) is 3. The molecule has 0 radical (unpaired) electrons. The molecule has 0 saturated carbocycles. The van der Waals surface area contributed by atoms with Crippen molar-refractivity contribution in [1.82, 2.24) is 15.0 Å². The Morgan fingerprint density at radius 2 is 1.86 bits per heavy atom. The molecule has 3 rings (SSSR count). The molecule has 0 bridgehead atoms. The van der Waals surface area contributed by atoms with E-state index in [0.29, 0.717) is 11.1 Å². The molecule has 0 unspecified atom stereocenters. The Hall–Kier alpha value is -2.64. The van der Waals surface area contributed by atoms with Crippen molar-refractivity contribution in [2.24, 2.45) is 0 Å². The van der Waals surface area contributed by atoms with Crippen LogP contribution in [0.4, 0.5) is 29.1 Å². The van der Waals surface area contributed by atoms with E-state index in [1.165, 1.54) is 18.2 Å². The maximum absolute atomic E-state index is 13.7. The highest BCUT2D eigenvalue weighted by Crippen LogP contribution is 2.32. The van der Waals surface area contributed by atoms with Gasteiger partial charge in [-0.25, -0.2) is 14.4 Å². The van der Waals surface area contributed by atoms with E-state index < -0.39 is 17.8 Å². The first-order valence-electron chi connectivity index (χ1n) is 6.31. The standard InChI is InChI=1S/C14H10F4N4/c1-7-6-8-11(19-7)21-13(14(16,17)18)22-12(8)20-10-5-3-2-4-9(10)15/h2-6H,1H3,(H2,19,20,21,22). The number of nitrogens with one attached hydrogen (secondary N) is 2. The Kier molecular flexibility index (Phi) is 3.23. The Balaban J connectivity index is 2.16. The summed E-state index contributed by atoms with van der Waals surface area (Å²) in [7, 11) is 0. The molecular formula is C14H10F4N4. The summed E-state index contributed by atoms with van der Waals surface area (Å²) in [5.74, 6) is -1.98. The van der Waals surface area contributed by atoms with Crippen LogP contribution in [0.15, 0.2) is 30.3 Å². The van der Waals surface area contributed by atoms with Gasteiger partial charge < -0.3 is 10.3 Å². The quantitative estimate of drug-likeness (QED) is 0.699. The predicted molar refractivity (Wildman–Crippen MR) is 73.3 cm³/mol. The molecule has 0 atom stereocenters. The normalized spacial score (nSPS) is 11.9. The van der Waals surface area contributed by atoms with Gasteiger partial charge in [0, 0.05) is 5.69 Å². The molecule has 4 nitrogen and oxygen atoms in total. The molecule has 0 aliphatic carbocycles. The van der Waals surface area contributed by atoms with Crippen LogP contribution in [0.3, 0.4) is 0 Å². The van der Waals surface area contributed by atoms with Gasteiger partial charge in [-0.2, -0.15) is 13.2 Å². The topological polar surface area (TPSA) is 53.6 Å². The van der Waals surface area contributed by atoms with Gasteiger partial charge in [-0.3, -0.25) is 0 Å². The SMILES string of the molecule is Cc1cc2c(Nc3ccccc3F)nc(C(F)(F)F)nc2[nH]1. The third-order valence-electron chi connectivity index (χ3n) is 3.00. The van der Waals surface area contributed by atoms with E-state index in [9.17, 15) is 17.6 Å². The number of aromatic nitrogens is 3. The summed E-state index contributed by atoms with van der Waals surface area (Å²) in [4.78, 5) is 9.68. The smallest absolute Gasteiger partial charge is 0.343 e. The van der Waals surface area contributed by atoms with Gasteiger partial charge >= 0.3 is 6.18 Å². The number of aromatic amines is 1. The summed E-state index contributed by atoms with van der Waals surface area (Å²) >= 11 is 0. The highest BCUT2D eigenvalue weighted by Gasteiger charge is 2.36. The van der Waals surface area contributed by atoms with Crippen molar-refractivity contribution in [3.8, 4) is 0 Å². The average Bonchev–Trinajstić information content (AvgIpc) is 2.81. The van der Waals surface area contributed by atoms with Crippen LogP contribution in [0.1, 0.15) is 11.5 Å². The highest BCUT2D eigenvalue weighted by molar-refractivity contribution is 5.89. The number of halogens is 4. The number of nitrogens with zero attached hydrogens (tertiary/aromatic N) is 2. The van der Waals surface area contributed by atoms with E-state index in [-0.39, 0.29) is 17.2 Å². The second-order valence-corrected chi connectivity index (χ2v) is 4.71. The Morgan fingerprint density at radius 1 is 1.14 bits per heavy atom. The molecule has 0 amide bonds. The van der Waals surface area contributed by atoms with Crippen LogP contribution in [-0.2, 0) is 6.18 Å². The Bertz CT molecular complexity index is 838. The summed E-state index contributed by atoms with van der Waals surface area (Å²) in [5.41, 5.74) is 0.702. The highest BCUT2D eigenvalue weighted by atomic mass is 19.4. The molecule has 0 aliphatic rings. The molecule has 0 saturated heterocycles. The zero-order chi connectivity index (χ0) is 15.9. The molecule has 8 heteroatoms. The summed E-state index contributed by atoms with van der Waals surface area (Å²) in [6.07, 6.45) is -4.70. The van der Waals surface area contributed by atoms with Crippen molar-refractivity contribution >= 4 is 22.5 Å². The molecule has 2 heterocycles. The largest absolute Gasteiger partial charge is 0.451 e. The number of hydrogen-bond donors (Lipinski definition) is 2. The van der Waals surface area contributed by atoms with Gasteiger partial charge in [0.15, 0.2) is 0 Å². The average molecular weight is 310 g/mol. The maximum atomic E-state index is 13.7. The van der Waals surface area contributed by atoms with Gasteiger partial charge in [-0.05, 0) is 25.1 Å². The number of aryl methyl sites for hydroxylation is 1. The van der Waals surface area contributed by atoms with Crippen LogP contribution < -0.4 is 5.32 Å². The number of benzene rings is 1. The lowest BCUT2D eigenvalue weighted by Crippen LogP contribution is -2.12. The Morgan fingerprint density at radius 3 is 2.55 bits per heavy atom. The van der Waals surface area contributed by atoms with E-state index in [2.05, 4.69) is 20.3 Å². The van der Waals surface area contributed by atoms with Crippen LogP contribution in [0.5, 0.6) is 0 Å². The number of para-hydroxylation sites is 1. The minimum atomic E-state index is -4.70. The first kappa shape index (κ1) is 14.3. The fourth-order valence-corrected chi connectivity index (χ4v) is 2.05. The second-order valence-electron chi connectivity index (χ2n) is 4.71. The molecule has 1 aromatic carbocycles. The predicted octanol–water partition coefficient (Wildman–Crippen LogP) is 4.17. The van der Waals surface area contributed by atoms with Crippen molar-refractivity contribution < 1.29 is 17.6 Å². The molecule has 3 aromatic rings. The van der Waals surface area contributed by atoms with E-state index in [0.717, 1.165) is 0 Å². The molecule has 114 valence electrons.